The van der Waals surface area contributed by atoms with Gasteiger partial charge in [-0.1, -0.05) is 42.5 Å². The molecule has 1 heterocycles. The van der Waals surface area contributed by atoms with E-state index in [0.29, 0.717) is 29.0 Å². The first-order chi connectivity index (χ1) is 20.0. The van der Waals surface area contributed by atoms with E-state index in [-0.39, 0.29) is 29.2 Å². The second kappa shape index (κ2) is 11.6. The maximum absolute atomic E-state index is 14.1. The number of carbonyl (C=O) groups is 2. The Balaban J connectivity index is 1.49. The fraction of sp³-hybridized carbons (Fsp3) is 0.200. The fourth-order valence-electron chi connectivity index (χ4n) is 4.96. The number of rotatable bonds is 10. The van der Waals surface area contributed by atoms with Crippen molar-refractivity contribution in [3.05, 3.63) is 96.6 Å². The normalized spacial score (nSPS) is 16.0. The van der Waals surface area contributed by atoms with Gasteiger partial charge in [-0.25, -0.2) is 26.9 Å². The van der Waals surface area contributed by atoms with Crippen LogP contribution in [0.15, 0.2) is 101 Å². The summed E-state index contributed by atoms with van der Waals surface area (Å²) in [5, 5.41) is 6.75. The number of primary sulfonamides is 1. The standard InChI is InChI=1S/C30H29N3O7S2/c1-2-40-25-12-10-24(11-13-25)33-29(34)20-28(30(33)35)32(18-17-21-7-14-26(15-8-21)41(31,36)37)42(38,39)27-16-9-22-5-3-4-6-23(22)19-27/h3-16,19,28H,2,17-18,20H2,1H3,(H2,31,36,37). The molecule has 1 atom stereocenters. The molecule has 0 radical (unpaired) electrons. The van der Waals surface area contributed by atoms with E-state index < -0.39 is 37.9 Å². The van der Waals surface area contributed by atoms with Gasteiger partial charge >= 0.3 is 0 Å². The van der Waals surface area contributed by atoms with Crippen LogP contribution in [0.3, 0.4) is 0 Å². The minimum Gasteiger partial charge on any atom is -0.494 e. The molecule has 0 spiro atoms. The quantitative estimate of drug-likeness (QED) is 0.272. The lowest BCUT2D eigenvalue weighted by Crippen LogP contribution is -2.46. The Morgan fingerprint density at radius 1 is 0.857 bits per heavy atom. The third-order valence-corrected chi connectivity index (χ3v) is 9.91. The summed E-state index contributed by atoms with van der Waals surface area (Å²) in [6, 6.07) is 23.0. The zero-order chi connectivity index (χ0) is 30.1. The Morgan fingerprint density at radius 3 is 2.14 bits per heavy atom. The summed E-state index contributed by atoms with van der Waals surface area (Å²) in [5.41, 5.74) is 0.943. The highest BCUT2D eigenvalue weighted by Crippen LogP contribution is 2.31. The van der Waals surface area contributed by atoms with Crippen molar-refractivity contribution < 1.29 is 31.2 Å². The van der Waals surface area contributed by atoms with Crippen molar-refractivity contribution in [2.24, 2.45) is 5.14 Å². The van der Waals surface area contributed by atoms with Crippen LogP contribution >= 0.6 is 0 Å². The largest absolute Gasteiger partial charge is 0.494 e. The Hall–Kier alpha value is -4.10. The maximum Gasteiger partial charge on any atom is 0.252 e. The van der Waals surface area contributed by atoms with E-state index in [9.17, 15) is 26.4 Å². The number of benzene rings is 4. The summed E-state index contributed by atoms with van der Waals surface area (Å²) in [6.07, 6.45) is -0.179. The van der Waals surface area contributed by atoms with Crippen LogP contribution in [-0.2, 0) is 36.1 Å². The van der Waals surface area contributed by atoms with E-state index >= 15 is 0 Å². The minimum absolute atomic E-state index is 0.00876. The van der Waals surface area contributed by atoms with E-state index in [4.69, 9.17) is 9.88 Å². The van der Waals surface area contributed by atoms with E-state index in [0.717, 1.165) is 14.6 Å². The number of imide groups is 1. The van der Waals surface area contributed by atoms with Crippen molar-refractivity contribution in [1.82, 2.24) is 4.31 Å². The van der Waals surface area contributed by atoms with Crippen LogP contribution in [0.25, 0.3) is 10.8 Å². The van der Waals surface area contributed by atoms with Crippen LogP contribution < -0.4 is 14.8 Å². The van der Waals surface area contributed by atoms with Gasteiger partial charge in [-0.05, 0) is 78.2 Å². The summed E-state index contributed by atoms with van der Waals surface area (Å²) in [5.74, 6) is -0.602. The van der Waals surface area contributed by atoms with Gasteiger partial charge in [0.1, 0.15) is 11.8 Å². The molecule has 12 heteroatoms. The van der Waals surface area contributed by atoms with Crippen molar-refractivity contribution in [3.63, 3.8) is 0 Å². The van der Waals surface area contributed by atoms with Gasteiger partial charge in [-0.15, -0.1) is 0 Å². The summed E-state index contributed by atoms with van der Waals surface area (Å²) >= 11 is 0. The molecule has 1 unspecified atom stereocenters. The number of ether oxygens (including phenoxy) is 1. The third-order valence-electron chi connectivity index (χ3n) is 7.08. The van der Waals surface area contributed by atoms with Gasteiger partial charge in [0.15, 0.2) is 0 Å². The van der Waals surface area contributed by atoms with Crippen molar-refractivity contribution in [2.45, 2.75) is 35.6 Å². The average Bonchev–Trinajstić information content (AvgIpc) is 3.26. The van der Waals surface area contributed by atoms with Crippen LogP contribution in [-0.4, -0.2) is 52.1 Å². The number of carbonyl (C=O) groups excluding carboxylic acids is 2. The second-order valence-electron chi connectivity index (χ2n) is 9.78. The van der Waals surface area contributed by atoms with Gasteiger partial charge in [0, 0.05) is 6.54 Å². The highest BCUT2D eigenvalue weighted by Gasteiger charge is 2.46. The Kier molecular flexibility index (Phi) is 8.15. The van der Waals surface area contributed by atoms with Crippen LogP contribution in [0.4, 0.5) is 5.69 Å². The van der Waals surface area contributed by atoms with Crippen LogP contribution in [0, 0.1) is 0 Å². The lowest BCUT2D eigenvalue weighted by atomic mass is 10.1. The zero-order valence-electron chi connectivity index (χ0n) is 22.7. The molecular formula is C30H29N3O7S2. The van der Waals surface area contributed by atoms with Crippen molar-refractivity contribution in [2.75, 3.05) is 18.1 Å². The van der Waals surface area contributed by atoms with Gasteiger partial charge in [-0.2, -0.15) is 4.31 Å². The molecule has 0 saturated carbocycles. The number of fused-ring (bicyclic) bond motifs is 1. The predicted octanol–water partition coefficient (Wildman–Crippen LogP) is 3.45. The van der Waals surface area contributed by atoms with E-state index in [1.165, 1.54) is 30.3 Å². The number of anilines is 1. The zero-order valence-corrected chi connectivity index (χ0v) is 24.3. The molecule has 42 heavy (non-hydrogen) atoms. The lowest BCUT2D eigenvalue weighted by molar-refractivity contribution is -0.122. The van der Waals surface area contributed by atoms with E-state index in [1.807, 2.05) is 19.1 Å². The average molecular weight is 608 g/mol. The number of hydrogen-bond donors (Lipinski definition) is 1. The summed E-state index contributed by atoms with van der Waals surface area (Å²) < 4.78 is 58.0. The van der Waals surface area contributed by atoms with Crippen LogP contribution in [0.2, 0.25) is 0 Å². The Labute approximate surface area is 244 Å². The van der Waals surface area contributed by atoms with Gasteiger partial charge < -0.3 is 4.74 Å². The fourth-order valence-corrected chi connectivity index (χ4v) is 7.10. The molecule has 5 rings (SSSR count). The molecule has 1 aliphatic rings. The van der Waals surface area contributed by atoms with Crippen molar-refractivity contribution in [3.8, 4) is 5.75 Å². The Morgan fingerprint density at radius 2 is 1.50 bits per heavy atom. The number of nitrogens with two attached hydrogens (primary N) is 1. The molecular weight excluding hydrogens is 578 g/mol. The van der Waals surface area contributed by atoms with Gasteiger partial charge in [0.2, 0.25) is 26.0 Å². The lowest BCUT2D eigenvalue weighted by Gasteiger charge is -2.27. The number of hydrogen-bond acceptors (Lipinski definition) is 7. The topological polar surface area (TPSA) is 144 Å². The highest BCUT2D eigenvalue weighted by molar-refractivity contribution is 7.89. The number of sulfonamides is 2. The molecule has 10 nitrogen and oxygen atoms in total. The van der Waals surface area contributed by atoms with Crippen LogP contribution in [0.5, 0.6) is 5.75 Å². The SMILES string of the molecule is CCOc1ccc(N2C(=O)CC(N(CCc3ccc(S(N)(=O)=O)cc3)S(=O)(=O)c3ccc4ccccc4c3)C2=O)cc1. The van der Waals surface area contributed by atoms with Gasteiger partial charge in [-0.3, -0.25) is 9.59 Å². The highest BCUT2D eigenvalue weighted by atomic mass is 32.2. The predicted molar refractivity (Wildman–Crippen MR) is 158 cm³/mol. The molecule has 2 N–H and O–H groups in total. The molecule has 0 bridgehead atoms. The molecule has 1 saturated heterocycles. The number of nitrogens with zero attached hydrogens (tertiary/aromatic N) is 2. The van der Waals surface area contributed by atoms with E-state index in [2.05, 4.69) is 0 Å². The van der Waals surface area contributed by atoms with Crippen molar-refractivity contribution in [1.29, 1.82) is 0 Å². The smallest absolute Gasteiger partial charge is 0.252 e. The molecule has 4 aromatic rings. The molecule has 1 aliphatic heterocycles. The third kappa shape index (κ3) is 5.93. The summed E-state index contributed by atoms with van der Waals surface area (Å²) in [6.45, 7) is 2.16. The molecule has 1 fully saturated rings. The second-order valence-corrected chi connectivity index (χ2v) is 13.2. The summed E-state index contributed by atoms with van der Waals surface area (Å²) in [7, 11) is -8.15. The number of amides is 2. The molecule has 4 aromatic carbocycles. The van der Waals surface area contributed by atoms with E-state index in [1.54, 1.807) is 48.5 Å². The van der Waals surface area contributed by atoms with Crippen LogP contribution in [0.1, 0.15) is 18.9 Å². The first-order valence-electron chi connectivity index (χ1n) is 13.2. The Bertz CT molecular complexity index is 1860. The van der Waals surface area contributed by atoms with Crippen molar-refractivity contribution >= 4 is 48.3 Å². The molecule has 218 valence electrons. The first-order valence-corrected chi connectivity index (χ1v) is 16.2. The van der Waals surface area contributed by atoms with Gasteiger partial charge in [0.25, 0.3) is 5.91 Å². The molecule has 0 aliphatic carbocycles. The monoisotopic (exact) mass is 607 g/mol. The maximum atomic E-state index is 14.1. The molecule has 2 amide bonds. The summed E-state index contributed by atoms with van der Waals surface area (Å²) in [4.78, 5) is 27.8. The first kappa shape index (κ1) is 29.4. The van der Waals surface area contributed by atoms with Gasteiger partial charge in [0.05, 0.1) is 28.5 Å². The minimum atomic E-state index is -4.26. The molecule has 0 aromatic heterocycles.